The van der Waals surface area contributed by atoms with Crippen molar-refractivity contribution in [2.75, 3.05) is 13.6 Å². The number of para-hydroxylation sites is 1. The molecule has 0 aliphatic carbocycles. The number of nitrogens with zero attached hydrogens (tertiary/aromatic N) is 2. The number of likely N-dealkylation sites (tertiary alicyclic amines) is 1. The second-order valence-corrected chi connectivity index (χ2v) is 5.18. The van der Waals surface area contributed by atoms with Gasteiger partial charge in [0.25, 0.3) is 0 Å². The molecule has 2 heterocycles. The van der Waals surface area contributed by atoms with Crippen LogP contribution in [0.15, 0.2) is 24.3 Å². The van der Waals surface area contributed by atoms with Crippen molar-refractivity contribution < 1.29 is 4.79 Å². The molecule has 4 heteroatoms. The molecule has 0 bridgehead atoms. The van der Waals surface area contributed by atoms with Gasteiger partial charge in [-0.2, -0.15) is 0 Å². The first-order valence-corrected chi connectivity index (χ1v) is 6.18. The summed E-state index contributed by atoms with van der Waals surface area (Å²) in [5, 5.41) is 0.968. The number of thiazole rings is 1. The van der Waals surface area contributed by atoms with Gasteiger partial charge in [0.15, 0.2) is 0 Å². The molecule has 1 unspecified atom stereocenters. The Balaban J connectivity index is 2.03. The molecule has 0 N–H and O–H groups in total. The fourth-order valence-electron chi connectivity index (χ4n) is 2.09. The molecule has 1 saturated heterocycles. The molecule has 1 fully saturated rings. The van der Waals surface area contributed by atoms with E-state index in [0.29, 0.717) is 0 Å². The SMILES string of the molecule is CN1CCC(c2nc3ccccc3s2)C1=O. The lowest BCUT2D eigenvalue weighted by atomic mass is 10.1. The van der Waals surface area contributed by atoms with Crippen LogP contribution in [0.2, 0.25) is 0 Å². The highest BCUT2D eigenvalue weighted by Gasteiger charge is 2.32. The van der Waals surface area contributed by atoms with Crippen LogP contribution in [0.3, 0.4) is 0 Å². The van der Waals surface area contributed by atoms with E-state index in [1.165, 1.54) is 4.70 Å². The van der Waals surface area contributed by atoms with Crippen molar-refractivity contribution in [1.29, 1.82) is 0 Å². The molecule has 0 spiro atoms. The van der Waals surface area contributed by atoms with E-state index in [-0.39, 0.29) is 11.8 Å². The monoisotopic (exact) mass is 232 g/mol. The van der Waals surface area contributed by atoms with Gasteiger partial charge in [0, 0.05) is 13.6 Å². The molecule has 1 aliphatic heterocycles. The van der Waals surface area contributed by atoms with Crippen molar-refractivity contribution in [3.8, 4) is 0 Å². The maximum Gasteiger partial charge on any atom is 0.232 e. The average Bonchev–Trinajstić information content (AvgIpc) is 2.84. The van der Waals surface area contributed by atoms with Crippen molar-refractivity contribution in [2.45, 2.75) is 12.3 Å². The van der Waals surface area contributed by atoms with Crippen molar-refractivity contribution in [2.24, 2.45) is 0 Å². The van der Waals surface area contributed by atoms with Gasteiger partial charge in [-0.3, -0.25) is 4.79 Å². The number of carbonyl (C=O) groups is 1. The van der Waals surface area contributed by atoms with Gasteiger partial charge in [-0.1, -0.05) is 12.1 Å². The van der Waals surface area contributed by atoms with Crippen molar-refractivity contribution in [1.82, 2.24) is 9.88 Å². The maximum atomic E-state index is 11.9. The fourth-order valence-corrected chi connectivity index (χ4v) is 3.19. The lowest BCUT2D eigenvalue weighted by Crippen LogP contribution is -2.21. The van der Waals surface area contributed by atoms with Crippen molar-refractivity contribution in [3.63, 3.8) is 0 Å². The molecular formula is C12H12N2OS. The second-order valence-electron chi connectivity index (χ2n) is 4.12. The van der Waals surface area contributed by atoms with Crippen LogP contribution in [0, 0.1) is 0 Å². The summed E-state index contributed by atoms with van der Waals surface area (Å²) >= 11 is 1.64. The van der Waals surface area contributed by atoms with E-state index in [0.717, 1.165) is 23.5 Å². The van der Waals surface area contributed by atoms with Crippen LogP contribution in [0.4, 0.5) is 0 Å². The van der Waals surface area contributed by atoms with Crippen molar-refractivity contribution in [3.05, 3.63) is 29.3 Å². The Labute approximate surface area is 97.7 Å². The summed E-state index contributed by atoms with van der Waals surface area (Å²) in [6.07, 6.45) is 0.898. The third-order valence-corrected chi connectivity index (χ3v) is 4.19. The number of amides is 1. The smallest absolute Gasteiger partial charge is 0.232 e. The third kappa shape index (κ3) is 1.41. The van der Waals surface area contributed by atoms with Crippen LogP contribution in [0.5, 0.6) is 0 Å². The number of benzene rings is 1. The molecule has 3 rings (SSSR count). The van der Waals surface area contributed by atoms with Gasteiger partial charge >= 0.3 is 0 Å². The van der Waals surface area contributed by atoms with Gasteiger partial charge in [0.1, 0.15) is 5.01 Å². The van der Waals surface area contributed by atoms with Crippen LogP contribution in [-0.2, 0) is 4.79 Å². The Bertz CT molecular complexity index is 516. The third-order valence-electron chi connectivity index (χ3n) is 3.04. The topological polar surface area (TPSA) is 33.2 Å². The molecule has 1 atom stereocenters. The highest BCUT2D eigenvalue weighted by atomic mass is 32.1. The van der Waals surface area contributed by atoms with Gasteiger partial charge < -0.3 is 4.90 Å². The van der Waals surface area contributed by atoms with Crippen molar-refractivity contribution >= 4 is 27.5 Å². The number of likely N-dealkylation sites (N-methyl/N-ethyl adjacent to an activating group) is 1. The molecule has 0 saturated carbocycles. The van der Waals surface area contributed by atoms with E-state index in [4.69, 9.17) is 0 Å². The molecule has 1 aliphatic rings. The lowest BCUT2D eigenvalue weighted by Gasteiger charge is -2.07. The Morgan fingerprint density at radius 1 is 1.44 bits per heavy atom. The highest BCUT2D eigenvalue weighted by molar-refractivity contribution is 7.18. The predicted octanol–water partition coefficient (Wildman–Crippen LogP) is 2.24. The minimum Gasteiger partial charge on any atom is -0.345 e. The van der Waals surface area contributed by atoms with Gasteiger partial charge in [0.2, 0.25) is 5.91 Å². The van der Waals surface area contributed by atoms with Gasteiger partial charge in [-0.25, -0.2) is 4.98 Å². The standard InChI is InChI=1S/C12H12N2OS/c1-14-7-6-8(12(14)15)11-13-9-4-2-3-5-10(9)16-11/h2-5,8H,6-7H2,1H3. The molecule has 2 aromatic rings. The summed E-state index contributed by atoms with van der Waals surface area (Å²) in [6, 6.07) is 8.04. The van der Waals surface area contributed by atoms with Crippen LogP contribution in [0.25, 0.3) is 10.2 Å². The zero-order chi connectivity index (χ0) is 11.1. The van der Waals surface area contributed by atoms with Gasteiger partial charge in [-0.15, -0.1) is 11.3 Å². The van der Waals surface area contributed by atoms with Gasteiger partial charge in [0.05, 0.1) is 16.1 Å². The molecule has 3 nitrogen and oxygen atoms in total. The fraction of sp³-hybridized carbons (Fsp3) is 0.333. The first kappa shape index (κ1) is 9.78. The summed E-state index contributed by atoms with van der Waals surface area (Å²) in [5.41, 5.74) is 1.00. The molecule has 1 aromatic heterocycles. The molecule has 0 radical (unpaired) electrons. The minimum absolute atomic E-state index is 0.0117. The van der Waals surface area contributed by atoms with E-state index in [2.05, 4.69) is 11.1 Å². The number of aromatic nitrogens is 1. The van der Waals surface area contributed by atoms with Gasteiger partial charge in [-0.05, 0) is 18.6 Å². The van der Waals surface area contributed by atoms with E-state index in [1.807, 2.05) is 25.2 Å². The molecule has 16 heavy (non-hydrogen) atoms. The lowest BCUT2D eigenvalue weighted by molar-refractivity contribution is -0.127. The molecule has 82 valence electrons. The summed E-state index contributed by atoms with van der Waals surface area (Å²) in [4.78, 5) is 18.2. The average molecular weight is 232 g/mol. The number of hydrogen-bond donors (Lipinski definition) is 0. The number of fused-ring (bicyclic) bond motifs is 1. The minimum atomic E-state index is -0.0117. The highest BCUT2D eigenvalue weighted by Crippen LogP contribution is 2.33. The number of rotatable bonds is 1. The van der Waals surface area contributed by atoms with E-state index >= 15 is 0 Å². The van der Waals surface area contributed by atoms with E-state index in [9.17, 15) is 4.79 Å². The Morgan fingerprint density at radius 3 is 2.94 bits per heavy atom. The molecular weight excluding hydrogens is 220 g/mol. The molecule has 1 aromatic carbocycles. The maximum absolute atomic E-state index is 11.9. The summed E-state index contributed by atoms with van der Waals surface area (Å²) in [6.45, 7) is 0.847. The Hall–Kier alpha value is -1.42. The van der Waals surface area contributed by atoms with Crippen LogP contribution < -0.4 is 0 Å². The first-order valence-electron chi connectivity index (χ1n) is 5.36. The normalized spacial score (nSPS) is 20.9. The second kappa shape index (κ2) is 3.56. The Morgan fingerprint density at radius 2 is 2.25 bits per heavy atom. The Kier molecular flexibility index (Phi) is 2.17. The number of hydrogen-bond acceptors (Lipinski definition) is 3. The zero-order valence-electron chi connectivity index (χ0n) is 9.01. The van der Waals surface area contributed by atoms with Crippen LogP contribution in [-0.4, -0.2) is 29.4 Å². The van der Waals surface area contributed by atoms with E-state index in [1.54, 1.807) is 16.2 Å². The van der Waals surface area contributed by atoms with E-state index < -0.39 is 0 Å². The summed E-state index contributed by atoms with van der Waals surface area (Å²) in [5.74, 6) is 0.196. The summed E-state index contributed by atoms with van der Waals surface area (Å²) < 4.78 is 1.17. The number of carbonyl (C=O) groups excluding carboxylic acids is 1. The van der Waals surface area contributed by atoms with Crippen LogP contribution >= 0.6 is 11.3 Å². The summed E-state index contributed by atoms with van der Waals surface area (Å²) in [7, 11) is 1.86. The predicted molar refractivity (Wildman–Crippen MR) is 64.6 cm³/mol. The largest absolute Gasteiger partial charge is 0.345 e. The first-order chi connectivity index (χ1) is 7.75. The molecule has 1 amide bonds. The quantitative estimate of drug-likeness (QED) is 0.755. The zero-order valence-corrected chi connectivity index (χ0v) is 9.83. The van der Waals surface area contributed by atoms with Crippen LogP contribution in [0.1, 0.15) is 17.3 Å².